The van der Waals surface area contributed by atoms with Gasteiger partial charge in [0.25, 0.3) is 5.56 Å². The number of thiazole rings is 1. The maximum absolute atomic E-state index is 13.9. The van der Waals surface area contributed by atoms with Gasteiger partial charge in [0.1, 0.15) is 17.6 Å². The van der Waals surface area contributed by atoms with E-state index in [0.717, 1.165) is 0 Å². The van der Waals surface area contributed by atoms with E-state index in [1.165, 1.54) is 34.8 Å². The second-order valence-electron chi connectivity index (χ2n) is 8.84. The third kappa shape index (κ3) is 5.67. The Hall–Kier alpha value is -3.19. The molecule has 0 saturated heterocycles. The highest BCUT2D eigenvalue weighted by atomic mass is 79.9. The smallest absolute Gasteiger partial charge is 0.338 e. The number of allylic oxidation sites excluding steroid dienone is 1. The molecule has 3 aromatic heterocycles. The molecule has 13 heteroatoms. The summed E-state index contributed by atoms with van der Waals surface area (Å²) in [6.45, 7) is 5.24. The molecular formula is C27H22BrClN4O5S2. The molecule has 0 aliphatic carbocycles. The Balaban J connectivity index is 1.66. The fraction of sp³-hybridized carbons (Fsp3) is 0.222. The summed E-state index contributed by atoms with van der Waals surface area (Å²) < 4.78 is 19.7. The number of methoxy groups -OCH3 is 1. The molecule has 4 heterocycles. The number of hydrogen-bond acceptors (Lipinski definition) is 10. The molecule has 1 aliphatic rings. The van der Waals surface area contributed by atoms with Crippen molar-refractivity contribution in [2.24, 2.45) is 4.99 Å². The van der Waals surface area contributed by atoms with Crippen LogP contribution in [-0.2, 0) is 9.53 Å². The summed E-state index contributed by atoms with van der Waals surface area (Å²) >= 11 is 12.3. The minimum absolute atomic E-state index is 0.232. The summed E-state index contributed by atoms with van der Waals surface area (Å²) in [6, 6.07) is 7.68. The number of halogens is 2. The Kier molecular flexibility index (Phi) is 8.31. The molecule has 9 nitrogen and oxygen atoms in total. The van der Waals surface area contributed by atoms with Crippen LogP contribution in [0, 0.1) is 0 Å². The molecular weight excluding hydrogens is 640 g/mol. The van der Waals surface area contributed by atoms with Crippen LogP contribution in [0.15, 0.2) is 82.9 Å². The van der Waals surface area contributed by atoms with Crippen molar-refractivity contribution in [2.75, 3.05) is 7.11 Å². The van der Waals surface area contributed by atoms with E-state index in [9.17, 15) is 9.59 Å². The molecule has 4 aromatic rings. The van der Waals surface area contributed by atoms with Gasteiger partial charge in [0, 0.05) is 29.1 Å². The van der Waals surface area contributed by atoms with E-state index < -0.39 is 12.0 Å². The van der Waals surface area contributed by atoms with E-state index in [-0.39, 0.29) is 17.2 Å². The number of furan rings is 1. The predicted molar refractivity (Wildman–Crippen MR) is 156 cm³/mol. The first kappa shape index (κ1) is 28.3. The van der Waals surface area contributed by atoms with Gasteiger partial charge in [0.05, 0.1) is 33.5 Å². The van der Waals surface area contributed by atoms with E-state index in [2.05, 4.69) is 30.9 Å². The molecule has 0 bridgehead atoms. The quantitative estimate of drug-likeness (QED) is 0.198. The number of aromatic nitrogens is 3. The highest BCUT2D eigenvalue weighted by Gasteiger charge is 2.35. The largest absolute Gasteiger partial charge is 0.496 e. The fourth-order valence-electron chi connectivity index (χ4n) is 4.13. The fourth-order valence-corrected chi connectivity index (χ4v) is 6.58. The molecule has 0 radical (unpaired) electrons. The van der Waals surface area contributed by atoms with Gasteiger partial charge in [-0.05, 0) is 78.8 Å². The lowest BCUT2D eigenvalue weighted by atomic mass is 9.95. The van der Waals surface area contributed by atoms with Crippen molar-refractivity contribution in [3.63, 3.8) is 0 Å². The Bertz CT molecular complexity index is 1810. The first-order chi connectivity index (χ1) is 19.2. The molecule has 1 aromatic carbocycles. The van der Waals surface area contributed by atoms with Crippen LogP contribution in [0.3, 0.4) is 0 Å². The van der Waals surface area contributed by atoms with Crippen LogP contribution in [0.4, 0.5) is 0 Å². The first-order valence-electron chi connectivity index (χ1n) is 12.0. The van der Waals surface area contributed by atoms with Gasteiger partial charge in [0.2, 0.25) is 0 Å². The summed E-state index contributed by atoms with van der Waals surface area (Å²) in [5, 5.41) is 1.49. The summed E-state index contributed by atoms with van der Waals surface area (Å²) in [6.07, 6.45) is 4.56. The highest BCUT2D eigenvalue weighted by Crippen LogP contribution is 2.38. The first-order valence-corrected chi connectivity index (χ1v) is 14.8. The van der Waals surface area contributed by atoms with E-state index in [1.54, 1.807) is 69.6 Å². The number of carbonyl (C=O) groups is 1. The molecule has 0 saturated carbocycles. The number of esters is 1. The van der Waals surface area contributed by atoms with Gasteiger partial charge in [-0.15, -0.1) is 0 Å². The zero-order valence-corrected chi connectivity index (χ0v) is 25.7. The summed E-state index contributed by atoms with van der Waals surface area (Å²) in [7, 11) is 1.52. The van der Waals surface area contributed by atoms with Crippen LogP contribution in [0.2, 0.25) is 5.02 Å². The van der Waals surface area contributed by atoms with Gasteiger partial charge in [-0.2, -0.15) is 0 Å². The van der Waals surface area contributed by atoms with Crippen molar-refractivity contribution >= 4 is 62.7 Å². The van der Waals surface area contributed by atoms with Crippen molar-refractivity contribution in [1.82, 2.24) is 14.5 Å². The summed E-state index contributed by atoms with van der Waals surface area (Å²) in [5.74, 6) is 0.341. The van der Waals surface area contributed by atoms with Crippen molar-refractivity contribution in [1.29, 1.82) is 0 Å². The third-order valence-corrected chi connectivity index (χ3v) is 8.70. The number of ether oxygens (including phenoxy) is 2. The maximum Gasteiger partial charge on any atom is 0.338 e. The SMILES string of the molecule is COc1ccc(Cl)cc1[C@H]1C(C(=O)OC(C)C)=C(C)N=c2s/c(=C\c3cc(Br)c(Sc4ncccn4)o3)c(=O)n21. The molecule has 206 valence electrons. The van der Waals surface area contributed by atoms with Crippen molar-refractivity contribution in [2.45, 2.75) is 43.2 Å². The number of fused-ring (bicyclic) bond motifs is 1. The molecule has 1 atom stereocenters. The Labute approximate surface area is 250 Å². The average Bonchev–Trinajstić information content (AvgIpc) is 3.40. The van der Waals surface area contributed by atoms with Crippen LogP contribution < -0.4 is 19.6 Å². The summed E-state index contributed by atoms with van der Waals surface area (Å²) in [4.78, 5) is 40.7. The second kappa shape index (κ2) is 11.7. The lowest BCUT2D eigenvalue weighted by Gasteiger charge is -2.26. The molecule has 0 fully saturated rings. The van der Waals surface area contributed by atoms with Crippen LogP contribution >= 0.6 is 50.6 Å². The molecule has 0 spiro atoms. The minimum atomic E-state index is -0.872. The van der Waals surface area contributed by atoms with Gasteiger partial charge < -0.3 is 13.9 Å². The minimum Gasteiger partial charge on any atom is -0.496 e. The van der Waals surface area contributed by atoms with Crippen molar-refractivity contribution in [3.8, 4) is 5.75 Å². The molecule has 5 rings (SSSR count). The van der Waals surface area contributed by atoms with E-state index in [0.29, 0.717) is 51.8 Å². The van der Waals surface area contributed by atoms with Gasteiger partial charge in [-0.1, -0.05) is 22.9 Å². The zero-order chi connectivity index (χ0) is 28.6. The standard InChI is InChI=1S/C27H22BrClN4O5S2/c1-13(2)37-24(35)21-14(3)32-27-33(22(21)17-10-15(29)6-7-19(17)36-4)23(34)20(39-27)12-16-11-18(28)25(38-16)40-26-30-8-5-9-31-26/h5-13,22H,1-4H3/b20-12-/t22-/m0/s1. The van der Waals surface area contributed by atoms with Crippen LogP contribution in [0.5, 0.6) is 5.75 Å². The number of rotatable bonds is 7. The zero-order valence-electron chi connectivity index (χ0n) is 21.7. The molecule has 40 heavy (non-hydrogen) atoms. The monoisotopic (exact) mass is 660 g/mol. The average molecular weight is 662 g/mol. The van der Waals surface area contributed by atoms with Crippen LogP contribution in [0.25, 0.3) is 6.08 Å². The number of hydrogen-bond donors (Lipinski definition) is 0. The van der Waals surface area contributed by atoms with E-state index >= 15 is 0 Å². The predicted octanol–water partition coefficient (Wildman–Crippen LogP) is 5.15. The normalized spacial score (nSPS) is 15.3. The van der Waals surface area contributed by atoms with Gasteiger partial charge in [0.15, 0.2) is 15.1 Å². The third-order valence-electron chi connectivity index (χ3n) is 5.74. The highest BCUT2D eigenvalue weighted by molar-refractivity contribution is 9.10. The maximum atomic E-state index is 13.9. The Morgan fingerprint density at radius 1 is 1.27 bits per heavy atom. The van der Waals surface area contributed by atoms with Gasteiger partial charge in [-0.3, -0.25) is 9.36 Å². The van der Waals surface area contributed by atoms with Gasteiger partial charge >= 0.3 is 5.97 Å². The molecule has 0 amide bonds. The van der Waals surface area contributed by atoms with Crippen LogP contribution in [-0.4, -0.2) is 33.7 Å². The second-order valence-corrected chi connectivity index (χ2v) is 12.1. The van der Waals surface area contributed by atoms with E-state index in [1.807, 2.05) is 0 Å². The number of carbonyl (C=O) groups excluding carboxylic acids is 1. The summed E-state index contributed by atoms with van der Waals surface area (Å²) in [5.41, 5.74) is 0.851. The van der Waals surface area contributed by atoms with Crippen molar-refractivity contribution < 1.29 is 18.7 Å². The molecule has 0 N–H and O–H groups in total. The number of nitrogens with zero attached hydrogens (tertiary/aromatic N) is 4. The topological polar surface area (TPSA) is 109 Å². The van der Waals surface area contributed by atoms with E-state index in [4.69, 9.17) is 25.5 Å². The number of benzene rings is 1. The van der Waals surface area contributed by atoms with Crippen LogP contribution in [0.1, 0.15) is 38.1 Å². The molecule has 1 aliphatic heterocycles. The van der Waals surface area contributed by atoms with Gasteiger partial charge in [-0.25, -0.2) is 19.8 Å². The Morgan fingerprint density at radius 2 is 2.02 bits per heavy atom. The van der Waals surface area contributed by atoms with Crippen molar-refractivity contribution in [3.05, 3.63) is 94.5 Å². The lowest BCUT2D eigenvalue weighted by Crippen LogP contribution is -2.40. The molecule has 0 unspecified atom stereocenters. The lowest BCUT2D eigenvalue weighted by molar-refractivity contribution is -0.143. The Morgan fingerprint density at radius 3 is 2.73 bits per heavy atom.